The van der Waals surface area contributed by atoms with Crippen LogP contribution in [0.3, 0.4) is 0 Å². The summed E-state index contributed by atoms with van der Waals surface area (Å²) in [5, 5.41) is 12.9. The van der Waals surface area contributed by atoms with Gasteiger partial charge in [-0.15, -0.1) is 11.3 Å². The first kappa shape index (κ1) is 12.6. The predicted octanol–water partition coefficient (Wildman–Crippen LogP) is 4.41. The number of thiophene rings is 1. The van der Waals surface area contributed by atoms with Crippen molar-refractivity contribution in [2.75, 3.05) is 0 Å². The zero-order chi connectivity index (χ0) is 12.6. The molecule has 1 atom stereocenters. The van der Waals surface area contributed by atoms with E-state index in [4.69, 9.17) is 11.6 Å². The summed E-state index contributed by atoms with van der Waals surface area (Å²) in [6.07, 6.45) is -0.623. The molecule has 0 bridgehead atoms. The SMILES string of the molecule is Cc1cc(C)c(C(O)c2sccc2Cl)cc1C. The van der Waals surface area contributed by atoms with Gasteiger partial charge in [0.15, 0.2) is 0 Å². The number of hydrogen-bond acceptors (Lipinski definition) is 2. The van der Waals surface area contributed by atoms with Crippen LogP contribution < -0.4 is 0 Å². The molecule has 0 aliphatic rings. The van der Waals surface area contributed by atoms with Crippen molar-refractivity contribution < 1.29 is 5.11 Å². The molecule has 2 rings (SSSR count). The minimum atomic E-state index is -0.623. The van der Waals surface area contributed by atoms with E-state index in [0.717, 1.165) is 16.0 Å². The number of aryl methyl sites for hydroxylation is 3. The highest BCUT2D eigenvalue weighted by Crippen LogP contribution is 2.34. The molecule has 17 heavy (non-hydrogen) atoms. The van der Waals surface area contributed by atoms with Gasteiger partial charge in [-0.05, 0) is 54.5 Å². The molecule has 1 aromatic carbocycles. The van der Waals surface area contributed by atoms with Crippen LogP contribution in [-0.4, -0.2) is 5.11 Å². The highest BCUT2D eigenvalue weighted by atomic mass is 35.5. The van der Waals surface area contributed by atoms with Gasteiger partial charge in [0.2, 0.25) is 0 Å². The molecular weight excluding hydrogens is 252 g/mol. The quantitative estimate of drug-likeness (QED) is 0.854. The van der Waals surface area contributed by atoms with Crippen LogP contribution in [0.4, 0.5) is 0 Å². The van der Waals surface area contributed by atoms with Crippen molar-refractivity contribution in [3.8, 4) is 0 Å². The van der Waals surface area contributed by atoms with Crippen LogP contribution >= 0.6 is 22.9 Å². The molecule has 1 nitrogen and oxygen atoms in total. The normalized spacial score (nSPS) is 12.8. The molecule has 0 radical (unpaired) electrons. The number of rotatable bonds is 2. The van der Waals surface area contributed by atoms with Crippen LogP contribution in [0.5, 0.6) is 0 Å². The Hall–Kier alpha value is -0.830. The molecule has 1 aromatic heterocycles. The number of benzene rings is 1. The van der Waals surface area contributed by atoms with E-state index in [9.17, 15) is 5.11 Å². The monoisotopic (exact) mass is 266 g/mol. The van der Waals surface area contributed by atoms with E-state index in [1.54, 1.807) is 0 Å². The van der Waals surface area contributed by atoms with Gasteiger partial charge in [0.05, 0.1) is 9.90 Å². The number of aliphatic hydroxyl groups is 1. The van der Waals surface area contributed by atoms with Crippen molar-refractivity contribution in [1.29, 1.82) is 0 Å². The van der Waals surface area contributed by atoms with Gasteiger partial charge in [-0.2, -0.15) is 0 Å². The van der Waals surface area contributed by atoms with Gasteiger partial charge in [-0.25, -0.2) is 0 Å². The van der Waals surface area contributed by atoms with E-state index in [1.165, 1.54) is 22.5 Å². The van der Waals surface area contributed by atoms with E-state index in [-0.39, 0.29) is 0 Å². The Morgan fingerprint density at radius 3 is 2.35 bits per heavy atom. The molecule has 0 amide bonds. The van der Waals surface area contributed by atoms with Crippen LogP contribution in [-0.2, 0) is 0 Å². The van der Waals surface area contributed by atoms with Crippen LogP contribution in [0.25, 0.3) is 0 Å². The van der Waals surface area contributed by atoms with Crippen LogP contribution in [0.15, 0.2) is 23.6 Å². The van der Waals surface area contributed by atoms with Crippen molar-refractivity contribution >= 4 is 22.9 Å². The fourth-order valence-corrected chi connectivity index (χ4v) is 3.08. The smallest absolute Gasteiger partial charge is 0.115 e. The van der Waals surface area contributed by atoms with E-state index >= 15 is 0 Å². The molecule has 0 fully saturated rings. The van der Waals surface area contributed by atoms with Gasteiger partial charge in [0, 0.05) is 0 Å². The summed E-state index contributed by atoms with van der Waals surface area (Å²) in [5.41, 5.74) is 4.48. The van der Waals surface area contributed by atoms with Crippen molar-refractivity contribution in [1.82, 2.24) is 0 Å². The highest BCUT2D eigenvalue weighted by Gasteiger charge is 2.17. The predicted molar refractivity (Wildman–Crippen MR) is 74.0 cm³/mol. The molecule has 1 heterocycles. The van der Waals surface area contributed by atoms with Gasteiger partial charge in [0.1, 0.15) is 6.10 Å². The topological polar surface area (TPSA) is 20.2 Å². The second-order valence-corrected chi connectivity index (χ2v) is 5.68. The maximum Gasteiger partial charge on any atom is 0.115 e. The molecular formula is C14H15ClOS. The van der Waals surface area contributed by atoms with Crippen LogP contribution in [0.2, 0.25) is 5.02 Å². The van der Waals surface area contributed by atoms with Gasteiger partial charge in [-0.3, -0.25) is 0 Å². The lowest BCUT2D eigenvalue weighted by molar-refractivity contribution is 0.223. The van der Waals surface area contributed by atoms with Crippen molar-refractivity contribution in [3.63, 3.8) is 0 Å². The van der Waals surface area contributed by atoms with Gasteiger partial charge in [-0.1, -0.05) is 23.7 Å². The summed E-state index contributed by atoms with van der Waals surface area (Å²) in [6.45, 7) is 6.16. The third-order valence-electron chi connectivity index (χ3n) is 3.07. The van der Waals surface area contributed by atoms with Gasteiger partial charge < -0.3 is 5.11 Å². The fraction of sp³-hybridized carbons (Fsp3) is 0.286. The second kappa shape index (κ2) is 4.81. The molecule has 1 N–H and O–H groups in total. The molecule has 0 aliphatic heterocycles. The molecule has 3 heteroatoms. The number of halogens is 1. The van der Waals surface area contributed by atoms with E-state index < -0.39 is 6.10 Å². The Bertz CT molecular complexity index is 545. The molecule has 0 saturated carbocycles. The minimum Gasteiger partial charge on any atom is -0.383 e. The summed E-state index contributed by atoms with van der Waals surface area (Å²) >= 11 is 7.55. The van der Waals surface area contributed by atoms with Crippen molar-refractivity contribution in [2.45, 2.75) is 26.9 Å². The summed E-state index contributed by atoms with van der Waals surface area (Å²) in [7, 11) is 0. The average Bonchev–Trinajstić information content (AvgIpc) is 2.69. The summed E-state index contributed by atoms with van der Waals surface area (Å²) in [6, 6.07) is 5.97. The lowest BCUT2D eigenvalue weighted by Crippen LogP contribution is -2.02. The lowest BCUT2D eigenvalue weighted by Gasteiger charge is -2.15. The molecule has 90 valence electrons. The van der Waals surface area contributed by atoms with Crippen LogP contribution in [0.1, 0.15) is 33.2 Å². The summed E-state index contributed by atoms with van der Waals surface area (Å²) in [5.74, 6) is 0. The minimum absolute atomic E-state index is 0.623. The van der Waals surface area contributed by atoms with Gasteiger partial charge in [0.25, 0.3) is 0 Å². The Kier molecular flexibility index (Phi) is 3.57. The first-order valence-corrected chi connectivity index (χ1v) is 6.75. The maximum absolute atomic E-state index is 10.4. The Balaban J connectivity index is 2.48. The molecule has 0 spiro atoms. The van der Waals surface area contributed by atoms with E-state index in [2.05, 4.69) is 19.9 Å². The van der Waals surface area contributed by atoms with Crippen molar-refractivity contribution in [3.05, 3.63) is 55.7 Å². The average molecular weight is 267 g/mol. The van der Waals surface area contributed by atoms with Crippen LogP contribution in [0, 0.1) is 20.8 Å². The zero-order valence-electron chi connectivity index (χ0n) is 10.1. The highest BCUT2D eigenvalue weighted by molar-refractivity contribution is 7.10. The molecule has 0 aliphatic carbocycles. The number of hydrogen-bond donors (Lipinski definition) is 1. The molecule has 2 aromatic rings. The standard InChI is InChI=1S/C14H15ClOS/c1-8-6-10(3)11(7-9(8)2)13(16)14-12(15)4-5-17-14/h4-7,13,16H,1-3H3. The maximum atomic E-state index is 10.4. The first-order valence-electron chi connectivity index (χ1n) is 5.49. The lowest BCUT2D eigenvalue weighted by atomic mass is 9.96. The third-order valence-corrected chi connectivity index (χ3v) is 4.48. The molecule has 0 saturated heterocycles. The third kappa shape index (κ3) is 2.39. The largest absolute Gasteiger partial charge is 0.383 e. The van der Waals surface area contributed by atoms with Crippen molar-refractivity contribution in [2.24, 2.45) is 0 Å². The van der Waals surface area contributed by atoms with E-state index in [1.807, 2.05) is 24.4 Å². The number of aliphatic hydroxyl groups excluding tert-OH is 1. The second-order valence-electron chi connectivity index (χ2n) is 4.33. The first-order chi connectivity index (χ1) is 8.00. The Morgan fingerprint density at radius 2 is 1.76 bits per heavy atom. The Morgan fingerprint density at radius 1 is 1.12 bits per heavy atom. The molecule has 1 unspecified atom stereocenters. The summed E-state index contributed by atoms with van der Waals surface area (Å²) in [4.78, 5) is 0.818. The zero-order valence-corrected chi connectivity index (χ0v) is 11.7. The summed E-state index contributed by atoms with van der Waals surface area (Å²) < 4.78 is 0. The van der Waals surface area contributed by atoms with E-state index in [0.29, 0.717) is 5.02 Å². The Labute approximate surface area is 111 Å². The van der Waals surface area contributed by atoms with Gasteiger partial charge >= 0.3 is 0 Å². The fourth-order valence-electron chi connectivity index (χ4n) is 1.92.